The van der Waals surface area contributed by atoms with Crippen LogP contribution in [0.25, 0.3) is 0 Å². The van der Waals surface area contributed by atoms with Crippen LogP contribution in [0.15, 0.2) is 42.5 Å². The number of nitrogens with zero attached hydrogens (tertiary/aromatic N) is 1. The molecule has 0 saturated carbocycles. The lowest BCUT2D eigenvalue weighted by molar-refractivity contribution is -0.127. The van der Waals surface area contributed by atoms with Gasteiger partial charge in [-0.25, -0.2) is 8.42 Å². The van der Waals surface area contributed by atoms with Gasteiger partial charge in [-0.3, -0.25) is 9.52 Å². The fraction of sp³-hybridized carbons (Fsp3) is 0.381. The molecule has 2 aromatic carbocycles. The number of hydrogen-bond donors (Lipinski definition) is 1. The van der Waals surface area contributed by atoms with E-state index in [0.29, 0.717) is 23.5 Å². The highest BCUT2D eigenvalue weighted by Crippen LogP contribution is 2.37. The molecule has 3 rings (SSSR count). The average Bonchev–Trinajstić information content (AvgIpc) is 2.77. The van der Waals surface area contributed by atoms with Crippen LogP contribution in [-0.4, -0.2) is 40.8 Å². The summed E-state index contributed by atoms with van der Waals surface area (Å²) >= 11 is 0. The third kappa shape index (κ3) is 4.82. The fourth-order valence-corrected chi connectivity index (χ4v) is 4.22. The molecule has 0 unspecified atom stereocenters. The van der Waals surface area contributed by atoms with Crippen LogP contribution in [-0.2, 0) is 21.2 Å². The number of amides is 1. The molecule has 2 aromatic rings. The van der Waals surface area contributed by atoms with E-state index in [4.69, 9.17) is 9.47 Å². The van der Waals surface area contributed by atoms with E-state index in [1.54, 1.807) is 44.5 Å². The van der Waals surface area contributed by atoms with Crippen LogP contribution < -0.4 is 19.1 Å². The van der Waals surface area contributed by atoms with Gasteiger partial charge in [0.1, 0.15) is 18.1 Å². The number of carbonyl (C=O) groups excluding carboxylic acids is 1. The number of ether oxygens (including phenoxy) is 2. The minimum Gasteiger partial charge on any atom is -0.497 e. The second-order valence-electron chi connectivity index (χ2n) is 7.74. The Balaban J connectivity index is 1.73. The van der Waals surface area contributed by atoms with E-state index in [2.05, 4.69) is 4.72 Å². The molecular weight excluding hydrogens is 392 g/mol. The molecule has 0 atom stereocenters. The monoisotopic (exact) mass is 418 g/mol. The highest BCUT2D eigenvalue weighted by molar-refractivity contribution is 7.92. The number of carbonyl (C=O) groups is 1. The first-order valence-corrected chi connectivity index (χ1v) is 10.9. The summed E-state index contributed by atoms with van der Waals surface area (Å²) in [5.74, 6) is 1.13. The van der Waals surface area contributed by atoms with Gasteiger partial charge in [-0.1, -0.05) is 12.1 Å². The first kappa shape index (κ1) is 21.0. The summed E-state index contributed by atoms with van der Waals surface area (Å²) < 4.78 is 38.5. The number of fused-ring (bicyclic) bond motifs is 1. The minimum absolute atomic E-state index is 0.0608. The van der Waals surface area contributed by atoms with E-state index < -0.39 is 15.4 Å². The molecule has 0 aromatic heterocycles. The van der Waals surface area contributed by atoms with Gasteiger partial charge in [0.15, 0.2) is 0 Å². The van der Waals surface area contributed by atoms with E-state index in [1.165, 1.54) is 4.90 Å². The van der Waals surface area contributed by atoms with Crippen molar-refractivity contribution < 1.29 is 22.7 Å². The van der Waals surface area contributed by atoms with E-state index in [9.17, 15) is 13.2 Å². The lowest BCUT2D eigenvalue weighted by Gasteiger charge is -2.24. The van der Waals surface area contributed by atoms with Gasteiger partial charge >= 0.3 is 0 Å². The second-order valence-corrected chi connectivity index (χ2v) is 9.58. The Morgan fingerprint density at radius 2 is 1.86 bits per heavy atom. The fourth-order valence-electron chi connectivity index (χ4n) is 3.12. The Kier molecular flexibility index (Phi) is 5.75. The maximum Gasteiger partial charge on any atom is 0.235 e. The van der Waals surface area contributed by atoms with Crippen LogP contribution in [0.1, 0.15) is 19.4 Å². The van der Waals surface area contributed by atoms with Gasteiger partial charge in [0, 0.05) is 7.05 Å². The number of methoxy groups -OCH3 is 1. The third-order valence-corrected chi connectivity index (χ3v) is 6.17. The normalized spacial score (nSPS) is 15.9. The van der Waals surface area contributed by atoms with Crippen LogP contribution in [0.3, 0.4) is 0 Å². The molecule has 1 heterocycles. The minimum atomic E-state index is -3.56. The van der Waals surface area contributed by atoms with Crippen molar-refractivity contribution in [1.29, 1.82) is 0 Å². The zero-order chi connectivity index (χ0) is 21.2. The molecule has 156 valence electrons. The smallest absolute Gasteiger partial charge is 0.235 e. The van der Waals surface area contributed by atoms with Crippen molar-refractivity contribution in [3.05, 3.63) is 48.0 Å². The number of anilines is 2. The molecule has 0 aliphatic carbocycles. The van der Waals surface area contributed by atoms with Crippen LogP contribution in [0.5, 0.6) is 11.5 Å². The Labute approximate surface area is 171 Å². The van der Waals surface area contributed by atoms with Crippen LogP contribution >= 0.6 is 0 Å². The quantitative estimate of drug-likeness (QED) is 0.779. The van der Waals surface area contributed by atoms with Gasteiger partial charge < -0.3 is 14.4 Å². The van der Waals surface area contributed by atoms with Gasteiger partial charge in [0.2, 0.25) is 15.9 Å². The number of sulfonamides is 1. The SMILES string of the molecule is COc1ccc(CCS(=O)(=O)Nc2ccc3c(c2)N(C)C(=O)C(C)(C)CO3)cc1. The summed E-state index contributed by atoms with van der Waals surface area (Å²) in [7, 11) is -0.313. The Hall–Kier alpha value is -2.74. The molecule has 0 bridgehead atoms. The van der Waals surface area contributed by atoms with E-state index in [-0.39, 0.29) is 18.3 Å². The lowest BCUT2D eigenvalue weighted by Crippen LogP contribution is -2.39. The van der Waals surface area contributed by atoms with Crippen molar-refractivity contribution >= 4 is 27.3 Å². The van der Waals surface area contributed by atoms with Crippen molar-refractivity contribution in [2.75, 3.05) is 36.1 Å². The van der Waals surface area contributed by atoms with Gasteiger partial charge in [-0.05, 0) is 56.2 Å². The predicted octanol–water partition coefficient (Wildman–Crippen LogP) is 3.06. The molecule has 0 spiro atoms. The molecule has 1 N–H and O–H groups in total. The summed E-state index contributed by atoms with van der Waals surface area (Å²) in [5.41, 5.74) is 1.17. The highest BCUT2D eigenvalue weighted by atomic mass is 32.2. The van der Waals surface area contributed by atoms with Crippen LogP contribution in [0, 0.1) is 5.41 Å². The molecular formula is C21H26N2O5S. The predicted molar refractivity (Wildman–Crippen MR) is 113 cm³/mol. The summed E-state index contributed by atoms with van der Waals surface area (Å²) in [5, 5.41) is 0. The zero-order valence-electron chi connectivity index (χ0n) is 17.1. The Morgan fingerprint density at radius 3 is 2.52 bits per heavy atom. The average molecular weight is 419 g/mol. The number of hydrogen-bond acceptors (Lipinski definition) is 5. The molecule has 7 nitrogen and oxygen atoms in total. The number of aryl methyl sites for hydroxylation is 1. The molecule has 0 saturated heterocycles. The molecule has 29 heavy (non-hydrogen) atoms. The molecule has 8 heteroatoms. The topological polar surface area (TPSA) is 84.9 Å². The summed E-state index contributed by atoms with van der Waals surface area (Å²) in [6.07, 6.45) is 0.375. The van der Waals surface area contributed by atoms with Gasteiger partial charge in [-0.15, -0.1) is 0 Å². The Bertz CT molecular complexity index is 1000. The molecule has 1 aliphatic heterocycles. The number of benzene rings is 2. The number of nitrogens with one attached hydrogen (secondary N) is 1. The summed E-state index contributed by atoms with van der Waals surface area (Å²) in [6.45, 7) is 3.90. The molecule has 0 radical (unpaired) electrons. The van der Waals surface area contributed by atoms with E-state index >= 15 is 0 Å². The van der Waals surface area contributed by atoms with Gasteiger partial charge in [-0.2, -0.15) is 0 Å². The number of rotatable bonds is 6. The maximum absolute atomic E-state index is 12.6. The highest BCUT2D eigenvalue weighted by Gasteiger charge is 2.36. The van der Waals surface area contributed by atoms with Crippen molar-refractivity contribution in [3.63, 3.8) is 0 Å². The van der Waals surface area contributed by atoms with Gasteiger partial charge in [0.05, 0.1) is 29.7 Å². The molecule has 0 fully saturated rings. The van der Waals surface area contributed by atoms with Gasteiger partial charge in [0.25, 0.3) is 0 Å². The third-order valence-electron chi connectivity index (χ3n) is 4.88. The van der Waals surface area contributed by atoms with Crippen molar-refractivity contribution in [2.45, 2.75) is 20.3 Å². The first-order valence-electron chi connectivity index (χ1n) is 9.30. The van der Waals surface area contributed by atoms with E-state index in [0.717, 1.165) is 11.3 Å². The Morgan fingerprint density at radius 1 is 1.17 bits per heavy atom. The van der Waals surface area contributed by atoms with Crippen LogP contribution in [0.2, 0.25) is 0 Å². The first-order chi connectivity index (χ1) is 13.6. The standard InChI is InChI=1S/C21H26N2O5S/c1-21(2)14-28-19-10-7-16(13-18(19)23(3)20(21)24)22-29(25,26)12-11-15-5-8-17(27-4)9-6-15/h5-10,13,22H,11-12,14H2,1-4H3. The van der Waals surface area contributed by atoms with Crippen molar-refractivity contribution in [2.24, 2.45) is 5.41 Å². The van der Waals surface area contributed by atoms with Crippen molar-refractivity contribution in [3.8, 4) is 11.5 Å². The zero-order valence-corrected chi connectivity index (χ0v) is 17.9. The lowest BCUT2D eigenvalue weighted by atomic mass is 9.93. The van der Waals surface area contributed by atoms with Crippen molar-refractivity contribution in [1.82, 2.24) is 0 Å². The maximum atomic E-state index is 12.6. The molecule has 1 aliphatic rings. The second kappa shape index (κ2) is 7.94. The largest absolute Gasteiger partial charge is 0.497 e. The van der Waals surface area contributed by atoms with E-state index in [1.807, 2.05) is 26.0 Å². The summed E-state index contributed by atoms with van der Waals surface area (Å²) in [6, 6.07) is 12.2. The van der Waals surface area contributed by atoms with Crippen LogP contribution in [0.4, 0.5) is 11.4 Å². The molecule has 1 amide bonds. The summed E-state index contributed by atoms with van der Waals surface area (Å²) in [4.78, 5) is 14.1.